The summed E-state index contributed by atoms with van der Waals surface area (Å²) in [5.41, 5.74) is 3.35. The van der Waals surface area contributed by atoms with Gasteiger partial charge in [-0.15, -0.1) is 0 Å². The van der Waals surface area contributed by atoms with E-state index in [1.807, 2.05) is 0 Å². The standard InChI is InChI=1S/C14H21ClN4O/c1-20-13-8-7-10(15)9-12(13)18-14(19-16)17-11-5-3-2-4-6-11/h7-9,11H,2-6,16H2,1H3,(H2,17,18,19). The summed E-state index contributed by atoms with van der Waals surface area (Å²) >= 11 is 6.01. The van der Waals surface area contributed by atoms with Crippen LogP contribution in [0.1, 0.15) is 32.1 Å². The van der Waals surface area contributed by atoms with Gasteiger partial charge in [0.2, 0.25) is 5.96 Å². The van der Waals surface area contributed by atoms with E-state index in [2.05, 4.69) is 15.7 Å². The minimum absolute atomic E-state index is 0.326. The van der Waals surface area contributed by atoms with E-state index in [9.17, 15) is 0 Å². The average Bonchev–Trinajstić information content (AvgIpc) is 2.48. The first-order valence-corrected chi connectivity index (χ1v) is 7.25. The number of nitrogens with two attached hydrogens (primary N) is 1. The SMILES string of the molecule is COc1ccc(Cl)cc1NC(=NC1CCCCC1)NN. The first-order chi connectivity index (χ1) is 9.72. The molecule has 4 N–H and O–H groups in total. The van der Waals surface area contributed by atoms with Gasteiger partial charge in [-0.3, -0.25) is 5.43 Å². The quantitative estimate of drug-likeness (QED) is 0.347. The van der Waals surface area contributed by atoms with Crippen LogP contribution < -0.4 is 21.3 Å². The van der Waals surface area contributed by atoms with Crippen molar-refractivity contribution in [2.75, 3.05) is 12.4 Å². The summed E-state index contributed by atoms with van der Waals surface area (Å²) in [4.78, 5) is 4.63. The monoisotopic (exact) mass is 296 g/mol. The number of rotatable bonds is 3. The van der Waals surface area contributed by atoms with Gasteiger partial charge in [-0.25, -0.2) is 10.8 Å². The summed E-state index contributed by atoms with van der Waals surface area (Å²) in [7, 11) is 1.61. The molecule has 1 fully saturated rings. The van der Waals surface area contributed by atoms with Crippen molar-refractivity contribution in [3.05, 3.63) is 23.2 Å². The Morgan fingerprint density at radius 1 is 1.35 bits per heavy atom. The Bertz CT molecular complexity index is 472. The van der Waals surface area contributed by atoms with E-state index in [0.29, 0.717) is 22.8 Å². The van der Waals surface area contributed by atoms with Gasteiger partial charge in [0.25, 0.3) is 0 Å². The molecule has 0 heterocycles. The number of aliphatic imine (C=N–C) groups is 1. The zero-order valence-electron chi connectivity index (χ0n) is 11.7. The van der Waals surface area contributed by atoms with Crippen molar-refractivity contribution >= 4 is 23.2 Å². The van der Waals surface area contributed by atoms with Crippen molar-refractivity contribution < 1.29 is 4.74 Å². The van der Waals surface area contributed by atoms with Gasteiger partial charge in [0, 0.05) is 5.02 Å². The summed E-state index contributed by atoms with van der Waals surface area (Å²) < 4.78 is 5.29. The minimum Gasteiger partial charge on any atom is -0.495 e. The molecule has 0 aromatic heterocycles. The molecule has 1 aliphatic carbocycles. The smallest absolute Gasteiger partial charge is 0.210 e. The van der Waals surface area contributed by atoms with E-state index in [-0.39, 0.29) is 0 Å². The molecule has 1 aromatic carbocycles. The summed E-state index contributed by atoms with van der Waals surface area (Å²) in [5.74, 6) is 6.78. The van der Waals surface area contributed by atoms with E-state index in [0.717, 1.165) is 18.5 Å². The topological polar surface area (TPSA) is 71.7 Å². The van der Waals surface area contributed by atoms with E-state index >= 15 is 0 Å². The second-order valence-corrected chi connectivity index (χ2v) is 5.32. The lowest BCUT2D eigenvalue weighted by Crippen LogP contribution is -2.37. The number of nitrogens with one attached hydrogen (secondary N) is 2. The molecule has 5 nitrogen and oxygen atoms in total. The number of anilines is 1. The number of nitrogens with zero attached hydrogens (tertiary/aromatic N) is 1. The molecule has 0 saturated heterocycles. The molecule has 0 spiro atoms. The number of methoxy groups -OCH3 is 1. The molecule has 0 unspecified atom stereocenters. The molecule has 0 amide bonds. The fraction of sp³-hybridized carbons (Fsp3) is 0.500. The fourth-order valence-electron chi connectivity index (χ4n) is 2.40. The van der Waals surface area contributed by atoms with Gasteiger partial charge >= 0.3 is 0 Å². The maximum atomic E-state index is 6.01. The van der Waals surface area contributed by atoms with Gasteiger partial charge in [0.1, 0.15) is 5.75 Å². The number of hydrogen-bond acceptors (Lipinski definition) is 3. The predicted octanol–water partition coefficient (Wildman–Crippen LogP) is 2.91. The molecule has 1 saturated carbocycles. The van der Waals surface area contributed by atoms with Gasteiger partial charge in [-0.1, -0.05) is 30.9 Å². The highest BCUT2D eigenvalue weighted by Crippen LogP contribution is 2.28. The van der Waals surface area contributed by atoms with Crippen LogP contribution in [0.4, 0.5) is 5.69 Å². The first kappa shape index (κ1) is 14.9. The van der Waals surface area contributed by atoms with Crippen LogP contribution in [-0.2, 0) is 0 Å². The molecule has 6 heteroatoms. The third-order valence-corrected chi connectivity index (χ3v) is 3.67. The average molecular weight is 297 g/mol. The second-order valence-electron chi connectivity index (χ2n) is 4.88. The van der Waals surface area contributed by atoms with Crippen molar-refractivity contribution in [1.29, 1.82) is 0 Å². The summed E-state index contributed by atoms with van der Waals surface area (Å²) in [6, 6.07) is 5.69. The molecule has 0 radical (unpaired) electrons. The van der Waals surface area contributed by atoms with Crippen molar-refractivity contribution in [3.63, 3.8) is 0 Å². The summed E-state index contributed by atoms with van der Waals surface area (Å²) in [6.45, 7) is 0. The molecule has 1 aliphatic rings. The second kappa shape index (κ2) is 7.36. The Balaban J connectivity index is 2.12. The summed E-state index contributed by atoms with van der Waals surface area (Å²) in [5, 5.41) is 3.77. The molecule has 1 aromatic rings. The molecule has 2 rings (SSSR count). The van der Waals surface area contributed by atoms with Crippen LogP contribution >= 0.6 is 11.6 Å². The number of benzene rings is 1. The normalized spacial score (nSPS) is 16.9. The zero-order chi connectivity index (χ0) is 14.4. The van der Waals surface area contributed by atoms with Gasteiger partial charge in [0.15, 0.2) is 0 Å². The van der Waals surface area contributed by atoms with Crippen molar-refractivity contribution in [2.45, 2.75) is 38.1 Å². The van der Waals surface area contributed by atoms with E-state index < -0.39 is 0 Å². The highest BCUT2D eigenvalue weighted by atomic mass is 35.5. The van der Waals surface area contributed by atoms with Crippen molar-refractivity contribution in [1.82, 2.24) is 5.43 Å². The predicted molar refractivity (Wildman–Crippen MR) is 83.3 cm³/mol. The van der Waals surface area contributed by atoms with Crippen LogP contribution in [0.3, 0.4) is 0 Å². The molecular formula is C14H21ClN4O. The highest BCUT2D eigenvalue weighted by Gasteiger charge is 2.14. The third-order valence-electron chi connectivity index (χ3n) is 3.44. The van der Waals surface area contributed by atoms with Crippen LogP contribution in [0.25, 0.3) is 0 Å². The molecule has 20 heavy (non-hydrogen) atoms. The van der Waals surface area contributed by atoms with Gasteiger partial charge in [-0.05, 0) is 31.0 Å². The molecule has 0 aliphatic heterocycles. The van der Waals surface area contributed by atoms with Gasteiger partial charge in [-0.2, -0.15) is 0 Å². The number of ether oxygens (including phenoxy) is 1. The Labute approximate surface area is 124 Å². The molecule has 110 valence electrons. The summed E-state index contributed by atoms with van der Waals surface area (Å²) in [6.07, 6.45) is 5.98. The zero-order valence-corrected chi connectivity index (χ0v) is 12.4. The maximum absolute atomic E-state index is 6.01. The number of halogens is 1. The minimum atomic E-state index is 0.326. The van der Waals surface area contributed by atoms with Crippen LogP contribution in [0, 0.1) is 0 Å². The lowest BCUT2D eigenvalue weighted by Gasteiger charge is -2.20. The van der Waals surface area contributed by atoms with Crippen molar-refractivity contribution in [3.8, 4) is 5.75 Å². The van der Waals surface area contributed by atoms with Crippen molar-refractivity contribution in [2.24, 2.45) is 10.8 Å². The third kappa shape index (κ3) is 4.02. The van der Waals surface area contributed by atoms with E-state index in [1.165, 1.54) is 19.3 Å². The number of hydrazine groups is 1. The Morgan fingerprint density at radius 3 is 2.75 bits per heavy atom. The molecule has 0 bridgehead atoms. The van der Waals surface area contributed by atoms with E-state index in [4.69, 9.17) is 22.2 Å². The lowest BCUT2D eigenvalue weighted by atomic mass is 9.96. The van der Waals surface area contributed by atoms with Crippen LogP contribution in [-0.4, -0.2) is 19.1 Å². The van der Waals surface area contributed by atoms with Crippen LogP contribution in [0.5, 0.6) is 5.75 Å². The first-order valence-electron chi connectivity index (χ1n) is 6.88. The lowest BCUT2D eigenvalue weighted by molar-refractivity contribution is 0.417. The number of guanidine groups is 1. The fourth-order valence-corrected chi connectivity index (χ4v) is 2.58. The Hall–Kier alpha value is -1.46. The maximum Gasteiger partial charge on any atom is 0.210 e. The van der Waals surface area contributed by atoms with Gasteiger partial charge < -0.3 is 10.1 Å². The van der Waals surface area contributed by atoms with Gasteiger partial charge in [0.05, 0.1) is 18.8 Å². The van der Waals surface area contributed by atoms with Crippen LogP contribution in [0.2, 0.25) is 5.02 Å². The number of hydrogen-bond donors (Lipinski definition) is 3. The molecule has 0 atom stereocenters. The van der Waals surface area contributed by atoms with Crippen LogP contribution in [0.15, 0.2) is 23.2 Å². The van der Waals surface area contributed by atoms with E-state index in [1.54, 1.807) is 25.3 Å². The largest absolute Gasteiger partial charge is 0.495 e. The Morgan fingerprint density at radius 2 is 2.10 bits per heavy atom. The molecular weight excluding hydrogens is 276 g/mol. The highest BCUT2D eigenvalue weighted by molar-refractivity contribution is 6.31. The Kier molecular flexibility index (Phi) is 5.49.